The molecule has 8 nitrogen and oxygen atoms in total. The van der Waals surface area contributed by atoms with Gasteiger partial charge in [0, 0.05) is 5.69 Å². The number of sulfonamides is 1. The standard InChI is InChI=1S/C26H28N2O6S/c1-16-13-17(2)24(18(3)14-16)27-25(29)19(4)34-26(30)20-9-8-10-21(15-20)35(31,32)28-22-11-6-7-12-23(22)33-5/h6-15,19,28H,1-5H3,(H,27,29). The van der Waals surface area contributed by atoms with Crippen LogP contribution in [-0.4, -0.2) is 33.5 Å². The van der Waals surface area contributed by atoms with Gasteiger partial charge >= 0.3 is 5.97 Å². The van der Waals surface area contributed by atoms with Gasteiger partial charge in [-0.05, 0) is 69.2 Å². The van der Waals surface area contributed by atoms with Crippen LogP contribution in [-0.2, 0) is 19.6 Å². The van der Waals surface area contributed by atoms with Gasteiger partial charge in [-0.3, -0.25) is 9.52 Å². The molecule has 3 aromatic carbocycles. The number of ether oxygens (including phenoxy) is 2. The van der Waals surface area contributed by atoms with Gasteiger partial charge in [0.2, 0.25) is 0 Å². The van der Waals surface area contributed by atoms with Crippen molar-refractivity contribution in [2.24, 2.45) is 0 Å². The fourth-order valence-electron chi connectivity index (χ4n) is 3.61. The number of carbonyl (C=O) groups excluding carboxylic acids is 2. The number of para-hydroxylation sites is 2. The van der Waals surface area contributed by atoms with Crippen LogP contribution in [0.5, 0.6) is 5.75 Å². The summed E-state index contributed by atoms with van der Waals surface area (Å²) < 4.78 is 38.7. The summed E-state index contributed by atoms with van der Waals surface area (Å²) in [6, 6.07) is 15.9. The maximum absolute atomic E-state index is 12.9. The van der Waals surface area contributed by atoms with E-state index in [-0.39, 0.29) is 16.1 Å². The summed E-state index contributed by atoms with van der Waals surface area (Å²) in [7, 11) is -2.58. The third-order valence-electron chi connectivity index (χ3n) is 5.31. The molecule has 0 aliphatic heterocycles. The first kappa shape index (κ1) is 25.8. The molecule has 0 radical (unpaired) electrons. The first-order valence-electron chi connectivity index (χ1n) is 10.9. The maximum atomic E-state index is 12.9. The minimum atomic E-state index is -4.02. The van der Waals surface area contributed by atoms with E-state index >= 15 is 0 Å². The fourth-order valence-corrected chi connectivity index (χ4v) is 4.72. The van der Waals surface area contributed by atoms with Gasteiger partial charge in [-0.1, -0.05) is 35.9 Å². The van der Waals surface area contributed by atoms with Gasteiger partial charge in [0.1, 0.15) is 5.75 Å². The molecule has 0 bridgehead atoms. The van der Waals surface area contributed by atoms with Gasteiger partial charge in [-0.25, -0.2) is 13.2 Å². The molecule has 1 unspecified atom stereocenters. The van der Waals surface area contributed by atoms with E-state index in [0.717, 1.165) is 16.7 Å². The van der Waals surface area contributed by atoms with E-state index in [1.54, 1.807) is 24.3 Å². The van der Waals surface area contributed by atoms with Crippen molar-refractivity contribution >= 4 is 33.3 Å². The van der Waals surface area contributed by atoms with Gasteiger partial charge in [-0.2, -0.15) is 0 Å². The summed E-state index contributed by atoms with van der Waals surface area (Å²) >= 11 is 0. The van der Waals surface area contributed by atoms with Gasteiger partial charge in [0.05, 0.1) is 23.3 Å². The highest BCUT2D eigenvalue weighted by atomic mass is 32.2. The summed E-state index contributed by atoms with van der Waals surface area (Å²) in [5, 5.41) is 2.80. The number of carbonyl (C=O) groups is 2. The van der Waals surface area contributed by atoms with Crippen LogP contribution in [0.25, 0.3) is 0 Å². The summed E-state index contributed by atoms with van der Waals surface area (Å²) in [6.45, 7) is 7.20. The number of amides is 1. The Labute approximate surface area is 205 Å². The first-order chi connectivity index (χ1) is 16.5. The average Bonchev–Trinajstić information content (AvgIpc) is 2.81. The van der Waals surface area contributed by atoms with Crippen molar-refractivity contribution in [3.63, 3.8) is 0 Å². The Morgan fingerprint density at radius 3 is 2.23 bits per heavy atom. The van der Waals surface area contributed by atoms with Crippen LogP contribution in [0.15, 0.2) is 65.6 Å². The number of rotatable bonds is 8. The molecule has 184 valence electrons. The normalized spacial score (nSPS) is 11.9. The van der Waals surface area contributed by atoms with E-state index in [1.807, 2.05) is 32.9 Å². The predicted molar refractivity (Wildman–Crippen MR) is 134 cm³/mol. The zero-order chi connectivity index (χ0) is 25.8. The first-order valence-corrected chi connectivity index (χ1v) is 12.4. The van der Waals surface area contributed by atoms with Crippen molar-refractivity contribution in [3.8, 4) is 5.75 Å². The molecule has 9 heteroatoms. The highest BCUT2D eigenvalue weighted by Gasteiger charge is 2.23. The lowest BCUT2D eigenvalue weighted by Crippen LogP contribution is -2.30. The quantitative estimate of drug-likeness (QED) is 0.441. The zero-order valence-corrected chi connectivity index (χ0v) is 21.0. The van der Waals surface area contributed by atoms with Crippen molar-refractivity contribution in [3.05, 3.63) is 82.9 Å². The molecule has 0 aromatic heterocycles. The number of aryl methyl sites for hydroxylation is 3. The highest BCUT2D eigenvalue weighted by Crippen LogP contribution is 2.27. The van der Waals surface area contributed by atoms with Gasteiger partial charge in [0.25, 0.3) is 15.9 Å². The van der Waals surface area contributed by atoms with Crippen molar-refractivity contribution in [1.82, 2.24) is 0 Å². The molecule has 0 fully saturated rings. The molecule has 0 heterocycles. The van der Waals surface area contributed by atoms with Crippen LogP contribution in [0.3, 0.4) is 0 Å². The Balaban J connectivity index is 1.73. The third kappa shape index (κ3) is 6.19. The van der Waals surface area contributed by atoms with Crippen LogP contribution in [0, 0.1) is 20.8 Å². The second kappa shape index (κ2) is 10.6. The summed E-state index contributed by atoms with van der Waals surface area (Å²) in [4.78, 5) is 25.2. The monoisotopic (exact) mass is 496 g/mol. The smallest absolute Gasteiger partial charge is 0.338 e. The number of hydrogen-bond donors (Lipinski definition) is 2. The van der Waals surface area contributed by atoms with Crippen molar-refractivity contribution in [2.45, 2.75) is 38.7 Å². The van der Waals surface area contributed by atoms with Crippen LogP contribution in [0.1, 0.15) is 34.0 Å². The number of benzene rings is 3. The Morgan fingerprint density at radius 2 is 1.57 bits per heavy atom. The minimum Gasteiger partial charge on any atom is -0.495 e. The Morgan fingerprint density at radius 1 is 0.914 bits per heavy atom. The Kier molecular flexibility index (Phi) is 7.81. The van der Waals surface area contributed by atoms with E-state index in [0.29, 0.717) is 11.4 Å². The number of anilines is 2. The molecule has 0 saturated heterocycles. The summed E-state index contributed by atoms with van der Waals surface area (Å²) in [6.07, 6.45) is -1.10. The lowest BCUT2D eigenvalue weighted by atomic mass is 10.0. The molecule has 0 saturated carbocycles. The predicted octanol–water partition coefficient (Wildman–Crippen LogP) is 4.61. The van der Waals surface area contributed by atoms with Crippen LogP contribution in [0.4, 0.5) is 11.4 Å². The second-order valence-electron chi connectivity index (χ2n) is 8.14. The number of nitrogens with one attached hydrogen (secondary N) is 2. The number of methoxy groups -OCH3 is 1. The molecule has 35 heavy (non-hydrogen) atoms. The van der Waals surface area contributed by atoms with Gasteiger partial charge in [-0.15, -0.1) is 0 Å². The average molecular weight is 497 g/mol. The third-order valence-corrected chi connectivity index (χ3v) is 6.67. The molecular formula is C26H28N2O6S. The molecule has 0 aliphatic rings. The maximum Gasteiger partial charge on any atom is 0.338 e. The zero-order valence-electron chi connectivity index (χ0n) is 20.2. The lowest BCUT2D eigenvalue weighted by molar-refractivity contribution is -0.123. The molecule has 0 aliphatic carbocycles. The lowest BCUT2D eigenvalue weighted by Gasteiger charge is -2.17. The van der Waals surface area contributed by atoms with E-state index in [2.05, 4.69) is 10.0 Å². The second-order valence-corrected chi connectivity index (χ2v) is 9.83. The molecular weight excluding hydrogens is 468 g/mol. The largest absolute Gasteiger partial charge is 0.495 e. The van der Waals surface area contributed by atoms with Crippen molar-refractivity contribution in [1.29, 1.82) is 0 Å². The SMILES string of the molecule is COc1ccccc1NS(=O)(=O)c1cccc(C(=O)OC(C)C(=O)Nc2c(C)cc(C)cc2C)c1. The fraction of sp³-hybridized carbons (Fsp3) is 0.231. The molecule has 2 N–H and O–H groups in total. The van der Waals surface area contributed by atoms with Crippen molar-refractivity contribution in [2.75, 3.05) is 17.1 Å². The van der Waals surface area contributed by atoms with E-state index < -0.39 is 28.0 Å². The van der Waals surface area contributed by atoms with Gasteiger partial charge in [0.15, 0.2) is 6.10 Å². The van der Waals surface area contributed by atoms with Crippen molar-refractivity contribution < 1.29 is 27.5 Å². The van der Waals surface area contributed by atoms with Crippen LogP contribution < -0.4 is 14.8 Å². The number of esters is 1. The highest BCUT2D eigenvalue weighted by molar-refractivity contribution is 7.92. The van der Waals surface area contributed by atoms with Crippen LogP contribution >= 0.6 is 0 Å². The molecule has 3 aromatic rings. The minimum absolute atomic E-state index is 0.00440. The van der Waals surface area contributed by atoms with E-state index in [4.69, 9.17) is 9.47 Å². The number of hydrogen-bond acceptors (Lipinski definition) is 6. The van der Waals surface area contributed by atoms with E-state index in [9.17, 15) is 18.0 Å². The molecule has 3 rings (SSSR count). The molecule has 1 atom stereocenters. The molecule has 0 spiro atoms. The Bertz CT molecular complexity index is 1340. The van der Waals surface area contributed by atoms with Gasteiger partial charge < -0.3 is 14.8 Å². The summed E-state index contributed by atoms with van der Waals surface area (Å²) in [5.74, 6) is -0.958. The topological polar surface area (TPSA) is 111 Å². The van der Waals surface area contributed by atoms with E-state index in [1.165, 1.54) is 38.3 Å². The Hall–Kier alpha value is -3.85. The molecule has 1 amide bonds. The summed E-state index contributed by atoms with van der Waals surface area (Å²) in [5.41, 5.74) is 3.79. The van der Waals surface area contributed by atoms with Crippen LogP contribution in [0.2, 0.25) is 0 Å².